The van der Waals surface area contributed by atoms with E-state index in [1.54, 1.807) is 49.1 Å². The molecule has 0 saturated carbocycles. The third-order valence-corrected chi connectivity index (χ3v) is 6.55. The molecule has 0 aliphatic carbocycles. The van der Waals surface area contributed by atoms with Crippen LogP contribution in [0.15, 0.2) is 46.3 Å². The van der Waals surface area contributed by atoms with Gasteiger partial charge in [-0.05, 0) is 70.7 Å². The number of nitrogens with one attached hydrogen (secondary N) is 2. The number of benzene rings is 1. The molecule has 3 aromatic rings. The number of piperazine rings is 1. The van der Waals surface area contributed by atoms with Crippen LogP contribution in [-0.2, 0) is 9.47 Å². The topological polar surface area (TPSA) is 126 Å². The minimum atomic E-state index is -0.682. The molecule has 3 heterocycles. The maximum Gasteiger partial charge on any atom is 0.412 e. The summed E-state index contributed by atoms with van der Waals surface area (Å²) in [5.74, 6) is -0.518. The summed E-state index contributed by atoms with van der Waals surface area (Å²) in [5.41, 5.74) is 0.386. The number of nitrogens with zero attached hydrogens (tertiary/aromatic N) is 3. The fourth-order valence-electron chi connectivity index (χ4n) is 3.87. The molecule has 1 aliphatic heterocycles. The van der Waals surface area contributed by atoms with Gasteiger partial charge in [0.25, 0.3) is 11.9 Å². The zero-order valence-electron chi connectivity index (χ0n) is 23.6. The predicted molar refractivity (Wildman–Crippen MR) is 154 cm³/mol. The van der Waals surface area contributed by atoms with Gasteiger partial charge in [-0.3, -0.25) is 10.1 Å². The van der Waals surface area contributed by atoms with Gasteiger partial charge >= 0.3 is 12.2 Å². The van der Waals surface area contributed by atoms with Gasteiger partial charge in [0.15, 0.2) is 0 Å². The summed E-state index contributed by atoms with van der Waals surface area (Å²) in [4.78, 5) is 46.8. The Kier molecular flexibility index (Phi) is 8.38. The minimum Gasteiger partial charge on any atom is -0.444 e. The Balaban J connectivity index is 1.45. The number of thiophene rings is 1. The largest absolute Gasteiger partial charge is 0.444 e. The van der Waals surface area contributed by atoms with Gasteiger partial charge in [0.05, 0.1) is 17.6 Å². The zero-order valence-corrected chi connectivity index (χ0v) is 24.4. The van der Waals surface area contributed by atoms with E-state index in [1.807, 2.05) is 49.3 Å². The Morgan fingerprint density at radius 2 is 1.62 bits per heavy atom. The van der Waals surface area contributed by atoms with Crippen molar-refractivity contribution in [1.29, 1.82) is 0 Å². The molecule has 0 unspecified atom stereocenters. The van der Waals surface area contributed by atoms with Crippen LogP contribution in [-0.4, -0.2) is 65.4 Å². The van der Waals surface area contributed by atoms with E-state index < -0.39 is 23.2 Å². The van der Waals surface area contributed by atoms with E-state index in [4.69, 9.17) is 13.9 Å². The molecular formula is C28H35N5O6S. The summed E-state index contributed by atoms with van der Waals surface area (Å²) in [6.45, 7) is 12.6. The van der Waals surface area contributed by atoms with Gasteiger partial charge in [-0.2, -0.15) is 0 Å². The average Bonchev–Trinajstić information content (AvgIpc) is 3.56. The van der Waals surface area contributed by atoms with Crippen molar-refractivity contribution in [3.8, 4) is 10.4 Å². The number of hydrogen-bond donors (Lipinski definition) is 2. The third kappa shape index (κ3) is 7.75. The minimum absolute atomic E-state index is 0.00863. The van der Waals surface area contributed by atoms with Crippen LogP contribution >= 0.6 is 11.3 Å². The molecule has 1 aromatic carbocycles. The molecule has 11 nitrogen and oxygen atoms in total. The number of ether oxygens (including phenoxy) is 2. The van der Waals surface area contributed by atoms with Gasteiger partial charge in [0, 0.05) is 31.1 Å². The van der Waals surface area contributed by atoms with Crippen LogP contribution in [0, 0.1) is 0 Å². The predicted octanol–water partition coefficient (Wildman–Crippen LogP) is 6.06. The molecule has 12 heteroatoms. The van der Waals surface area contributed by atoms with Gasteiger partial charge in [0.1, 0.15) is 11.2 Å². The SMILES string of the molecule is CC(C)(C)OC(=O)Nc1ccc(-c2cccs2)cc1NC(=O)c1cnc(N2CCN(C(=O)OC(C)(C)C)CC2)o1. The Labute approximate surface area is 237 Å². The lowest BCUT2D eigenvalue weighted by Gasteiger charge is -2.34. The van der Waals surface area contributed by atoms with Crippen molar-refractivity contribution in [2.45, 2.75) is 52.7 Å². The van der Waals surface area contributed by atoms with E-state index in [0.717, 1.165) is 10.4 Å². The lowest BCUT2D eigenvalue weighted by atomic mass is 10.1. The van der Waals surface area contributed by atoms with E-state index in [9.17, 15) is 14.4 Å². The molecule has 0 spiro atoms. The van der Waals surface area contributed by atoms with Crippen LogP contribution < -0.4 is 15.5 Å². The number of carbonyl (C=O) groups excluding carboxylic acids is 3. The van der Waals surface area contributed by atoms with Crippen LogP contribution in [0.1, 0.15) is 52.1 Å². The molecule has 0 atom stereocenters. The first-order valence-electron chi connectivity index (χ1n) is 13.0. The first kappa shape index (κ1) is 28.9. The third-order valence-electron chi connectivity index (χ3n) is 5.63. The monoisotopic (exact) mass is 569 g/mol. The molecule has 214 valence electrons. The fourth-order valence-corrected chi connectivity index (χ4v) is 4.60. The number of oxazole rings is 1. The highest BCUT2D eigenvalue weighted by Gasteiger charge is 2.28. The molecule has 3 amide bonds. The van der Waals surface area contributed by atoms with Gasteiger partial charge in [-0.25, -0.2) is 14.6 Å². The lowest BCUT2D eigenvalue weighted by molar-refractivity contribution is 0.0238. The number of anilines is 3. The van der Waals surface area contributed by atoms with E-state index in [-0.39, 0.29) is 17.9 Å². The smallest absolute Gasteiger partial charge is 0.412 e. The van der Waals surface area contributed by atoms with Gasteiger partial charge < -0.3 is 29.0 Å². The van der Waals surface area contributed by atoms with Crippen molar-refractivity contribution >= 4 is 46.8 Å². The second kappa shape index (κ2) is 11.6. The van der Waals surface area contributed by atoms with Crippen molar-refractivity contribution in [2.24, 2.45) is 0 Å². The van der Waals surface area contributed by atoms with Crippen molar-refractivity contribution in [3.05, 3.63) is 47.7 Å². The maximum atomic E-state index is 13.2. The first-order chi connectivity index (χ1) is 18.8. The highest BCUT2D eigenvalue weighted by molar-refractivity contribution is 7.13. The second-order valence-electron chi connectivity index (χ2n) is 11.3. The van der Waals surface area contributed by atoms with Crippen LogP contribution in [0.3, 0.4) is 0 Å². The Morgan fingerprint density at radius 1 is 0.925 bits per heavy atom. The van der Waals surface area contributed by atoms with E-state index >= 15 is 0 Å². The number of aromatic nitrogens is 1. The molecule has 2 aromatic heterocycles. The molecular weight excluding hydrogens is 534 g/mol. The molecule has 4 rings (SSSR count). The molecule has 40 heavy (non-hydrogen) atoms. The van der Waals surface area contributed by atoms with Crippen molar-refractivity contribution in [2.75, 3.05) is 41.7 Å². The molecule has 1 saturated heterocycles. The highest BCUT2D eigenvalue weighted by atomic mass is 32.1. The molecule has 0 bridgehead atoms. The van der Waals surface area contributed by atoms with Crippen molar-refractivity contribution in [3.63, 3.8) is 0 Å². The summed E-state index contributed by atoms with van der Waals surface area (Å²) in [5, 5.41) is 7.50. The second-order valence-corrected chi connectivity index (χ2v) is 12.2. The standard InChI is InChI=1S/C28H35N5O6S/c1-27(2,3)38-25(35)31-19-10-9-18(22-8-7-15-40-22)16-20(19)30-23(34)21-17-29-24(37-21)32-11-13-33(14-12-32)26(36)39-28(4,5)6/h7-10,15-17H,11-14H2,1-6H3,(H,30,34)(H,31,35). The molecule has 2 N–H and O–H groups in total. The van der Waals surface area contributed by atoms with Crippen molar-refractivity contribution < 1.29 is 28.3 Å². The van der Waals surface area contributed by atoms with Crippen LogP contribution in [0.5, 0.6) is 0 Å². The quantitative estimate of drug-likeness (QED) is 0.380. The fraction of sp³-hybridized carbons (Fsp3) is 0.429. The van der Waals surface area contributed by atoms with Crippen LogP contribution in [0.4, 0.5) is 27.0 Å². The Hall–Kier alpha value is -4.06. The first-order valence-corrected chi connectivity index (χ1v) is 13.8. The summed E-state index contributed by atoms with van der Waals surface area (Å²) < 4.78 is 16.6. The normalized spacial score (nSPS) is 14.1. The number of amides is 3. The van der Waals surface area contributed by atoms with E-state index in [0.29, 0.717) is 37.6 Å². The van der Waals surface area contributed by atoms with Crippen LogP contribution in [0.25, 0.3) is 10.4 Å². The molecule has 0 radical (unpaired) electrons. The zero-order chi connectivity index (χ0) is 29.1. The summed E-state index contributed by atoms with van der Waals surface area (Å²) in [6, 6.07) is 9.55. The number of hydrogen-bond acceptors (Lipinski definition) is 9. The van der Waals surface area contributed by atoms with E-state index in [1.165, 1.54) is 6.20 Å². The van der Waals surface area contributed by atoms with Crippen LogP contribution in [0.2, 0.25) is 0 Å². The molecule has 1 aliphatic rings. The summed E-state index contributed by atoms with van der Waals surface area (Å²) >= 11 is 1.56. The van der Waals surface area contributed by atoms with Crippen molar-refractivity contribution in [1.82, 2.24) is 9.88 Å². The Bertz CT molecular complexity index is 1350. The number of carbonyl (C=O) groups is 3. The van der Waals surface area contributed by atoms with E-state index in [2.05, 4.69) is 15.6 Å². The summed E-state index contributed by atoms with van der Waals surface area (Å²) in [6.07, 6.45) is 0.356. The van der Waals surface area contributed by atoms with Gasteiger partial charge in [-0.1, -0.05) is 12.1 Å². The maximum absolute atomic E-state index is 13.2. The summed E-state index contributed by atoms with van der Waals surface area (Å²) in [7, 11) is 0. The molecule has 1 fully saturated rings. The number of rotatable bonds is 5. The Morgan fingerprint density at radius 3 is 2.25 bits per heavy atom. The van der Waals surface area contributed by atoms with Gasteiger partial charge in [-0.15, -0.1) is 11.3 Å². The van der Waals surface area contributed by atoms with Gasteiger partial charge in [0.2, 0.25) is 5.76 Å². The average molecular weight is 570 g/mol. The lowest BCUT2D eigenvalue weighted by Crippen LogP contribution is -2.50. The highest BCUT2D eigenvalue weighted by Crippen LogP contribution is 2.32.